The highest BCUT2D eigenvalue weighted by molar-refractivity contribution is 7.91. The zero-order chi connectivity index (χ0) is 14.0. The van der Waals surface area contributed by atoms with Gasteiger partial charge in [0.2, 0.25) is 5.91 Å². The van der Waals surface area contributed by atoms with Gasteiger partial charge in [-0.15, -0.1) is 11.3 Å². The van der Waals surface area contributed by atoms with Crippen LogP contribution in [0, 0.1) is 0 Å². The van der Waals surface area contributed by atoms with Crippen LogP contribution in [0.25, 0.3) is 0 Å². The number of carboxylic acids is 1. The SMILES string of the molecule is O=C(O)CC1C(=O)NCCN1S(=O)(=O)c1cccs1. The summed E-state index contributed by atoms with van der Waals surface area (Å²) in [5, 5.41) is 12.9. The van der Waals surface area contributed by atoms with Crippen molar-refractivity contribution in [2.45, 2.75) is 16.7 Å². The number of carbonyl (C=O) groups excluding carboxylic acids is 1. The first-order valence-corrected chi connectivity index (χ1v) is 7.80. The molecule has 0 aromatic carbocycles. The predicted molar refractivity (Wildman–Crippen MR) is 67.3 cm³/mol. The number of hydrogen-bond donors (Lipinski definition) is 2. The fourth-order valence-electron chi connectivity index (χ4n) is 1.87. The molecule has 2 heterocycles. The number of carboxylic acid groups (broad SMARTS) is 1. The molecule has 0 saturated carbocycles. The van der Waals surface area contributed by atoms with E-state index in [1.165, 1.54) is 6.07 Å². The number of aliphatic carboxylic acids is 1. The topological polar surface area (TPSA) is 104 Å². The summed E-state index contributed by atoms with van der Waals surface area (Å²) < 4.78 is 25.8. The number of carbonyl (C=O) groups is 2. The number of sulfonamides is 1. The Bertz CT molecular complexity index is 581. The second-order valence-corrected chi connectivity index (χ2v) is 7.02. The highest BCUT2D eigenvalue weighted by atomic mass is 32.2. The summed E-state index contributed by atoms with van der Waals surface area (Å²) in [6, 6.07) is 1.83. The Kier molecular flexibility index (Phi) is 3.88. The van der Waals surface area contributed by atoms with Crippen LogP contribution in [0.4, 0.5) is 0 Å². The first-order valence-electron chi connectivity index (χ1n) is 5.48. The second kappa shape index (κ2) is 5.27. The molecule has 0 bridgehead atoms. The van der Waals surface area contributed by atoms with E-state index in [-0.39, 0.29) is 17.3 Å². The van der Waals surface area contributed by atoms with Crippen LogP contribution in [0.2, 0.25) is 0 Å². The van der Waals surface area contributed by atoms with Gasteiger partial charge in [-0.05, 0) is 11.4 Å². The third kappa shape index (κ3) is 2.77. The minimum Gasteiger partial charge on any atom is -0.481 e. The van der Waals surface area contributed by atoms with Crippen molar-refractivity contribution in [1.29, 1.82) is 0 Å². The number of piperazine rings is 1. The maximum absolute atomic E-state index is 12.3. The minimum absolute atomic E-state index is 0.0733. The molecule has 7 nitrogen and oxygen atoms in total. The van der Waals surface area contributed by atoms with E-state index in [4.69, 9.17) is 5.11 Å². The van der Waals surface area contributed by atoms with Crippen molar-refractivity contribution >= 4 is 33.2 Å². The van der Waals surface area contributed by atoms with E-state index in [0.717, 1.165) is 15.6 Å². The molecule has 19 heavy (non-hydrogen) atoms. The van der Waals surface area contributed by atoms with E-state index in [9.17, 15) is 18.0 Å². The van der Waals surface area contributed by atoms with Crippen molar-refractivity contribution in [2.75, 3.05) is 13.1 Å². The molecule has 104 valence electrons. The first kappa shape index (κ1) is 14.0. The molecule has 1 aromatic rings. The number of nitrogens with one attached hydrogen (secondary N) is 1. The summed E-state index contributed by atoms with van der Waals surface area (Å²) >= 11 is 1.04. The van der Waals surface area contributed by atoms with Crippen LogP contribution in [-0.4, -0.2) is 48.8 Å². The van der Waals surface area contributed by atoms with E-state index in [2.05, 4.69) is 5.32 Å². The van der Waals surface area contributed by atoms with Gasteiger partial charge in [-0.1, -0.05) is 6.07 Å². The smallest absolute Gasteiger partial charge is 0.305 e. The number of hydrogen-bond acceptors (Lipinski definition) is 5. The van der Waals surface area contributed by atoms with E-state index in [0.29, 0.717) is 0 Å². The number of nitrogens with zero attached hydrogens (tertiary/aromatic N) is 1. The molecule has 0 aliphatic carbocycles. The van der Waals surface area contributed by atoms with Crippen LogP contribution in [0.15, 0.2) is 21.7 Å². The quantitative estimate of drug-likeness (QED) is 0.795. The molecule has 0 radical (unpaired) electrons. The molecular formula is C10H12N2O5S2. The molecule has 1 aliphatic heterocycles. The summed E-state index contributed by atoms with van der Waals surface area (Å²) in [6.45, 7) is 0.253. The van der Waals surface area contributed by atoms with Crippen LogP contribution in [0.5, 0.6) is 0 Å². The summed E-state index contributed by atoms with van der Waals surface area (Å²) in [4.78, 5) is 22.5. The van der Waals surface area contributed by atoms with Gasteiger partial charge < -0.3 is 10.4 Å². The van der Waals surface area contributed by atoms with Crippen LogP contribution in [0.1, 0.15) is 6.42 Å². The van der Waals surface area contributed by atoms with Crippen LogP contribution < -0.4 is 5.32 Å². The number of amides is 1. The second-order valence-electron chi connectivity index (χ2n) is 3.95. The van der Waals surface area contributed by atoms with Gasteiger partial charge in [-0.2, -0.15) is 4.31 Å². The lowest BCUT2D eigenvalue weighted by Crippen LogP contribution is -2.57. The molecule has 1 saturated heterocycles. The Hall–Kier alpha value is -1.45. The average molecular weight is 304 g/mol. The zero-order valence-electron chi connectivity index (χ0n) is 9.77. The predicted octanol–water partition coefficient (Wildman–Crippen LogP) is -0.288. The third-order valence-corrected chi connectivity index (χ3v) is 5.99. The molecule has 9 heteroatoms. The Labute approximate surface area is 113 Å². The normalized spacial score (nSPS) is 21.1. The molecule has 1 fully saturated rings. The molecule has 1 unspecified atom stereocenters. The molecule has 1 amide bonds. The fourth-order valence-corrected chi connectivity index (χ4v) is 4.57. The monoisotopic (exact) mass is 304 g/mol. The van der Waals surface area contributed by atoms with Gasteiger partial charge in [0.05, 0.1) is 6.42 Å². The average Bonchev–Trinajstić information content (AvgIpc) is 2.85. The van der Waals surface area contributed by atoms with Crippen LogP contribution in [-0.2, 0) is 19.6 Å². The molecule has 1 aromatic heterocycles. The zero-order valence-corrected chi connectivity index (χ0v) is 11.4. The fraction of sp³-hybridized carbons (Fsp3) is 0.400. The maximum atomic E-state index is 12.3. The van der Waals surface area contributed by atoms with Gasteiger partial charge in [-0.3, -0.25) is 9.59 Å². The van der Waals surface area contributed by atoms with Gasteiger partial charge in [0, 0.05) is 13.1 Å². The van der Waals surface area contributed by atoms with Crippen molar-refractivity contribution in [3.05, 3.63) is 17.5 Å². The lowest BCUT2D eigenvalue weighted by atomic mass is 10.1. The van der Waals surface area contributed by atoms with Gasteiger partial charge in [0.15, 0.2) is 0 Å². The molecule has 0 spiro atoms. The largest absolute Gasteiger partial charge is 0.481 e. The molecule has 2 N–H and O–H groups in total. The van der Waals surface area contributed by atoms with E-state index >= 15 is 0 Å². The first-order chi connectivity index (χ1) is 8.93. The summed E-state index contributed by atoms with van der Waals surface area (Å²) in [6.07, 6.45) is -0.545. The lowest BCUT2D eigenvalue weighted by Gasteiger charge is -2.32. The van der Waals surface area contributed by atoms with Crippen molar-refractivity contribution in [1.82, 2.24) is 9.62 Å². The molecular weight excluding hydrogens is 292 g/mol. The Morgan fingerprint density at radius 1 is 1.58 bits per heavy atom. The number of rotatable bonds is 4. The molecule has 1 atom stereocenters. The van der Waals surface area contributed by atoms with Crippen molar-refractivity contribution < 1.29 is 23.1 Å². The molecule has 1 aliphatic rings. The van der Waals surface area contributed by atoms with Crippen molar-refractivity contribution in [2.24, 2.45) is 0 Å². The number of thiophene rings is 1. The standard InChI is InChI=1S/C10H12N2O5S2/c13-8(14)6-7-10(15)11-3-4-12(7)19(16,17)9-2-1-5-18-9/h1-2,5,7H,3-4,6H2,(H,11,15)(H,13,14). The minimum atomic E-state index is -3.82. The van der Waals surface area contributed by atoms with Crippen molar-refractivity contribution in [3.8, 4) is 0 Å². The van der Waals surface area contributed by atoms with Gasteiger partial charge in [0.25, 0.3) is 10.0 Å². The summed E-state index contributed by atoms with van der Waals surface area (Å²) in [5.41, 5.74) is 0. The third-order valence-electron chi connectivity index (χ3n) is 2.71. The van der Waals surface area contributed by atoms with Gasteiger partial charge in [0.1, 0.15) is 10.3 Å². The van der Waals surface area contributed by atoms with Gasteiger partial charge >= 0.3 is 5.97 Å². The maximum Gasteiger partial charge on any atom is 0.305 e. The van der Waals surface area contributed by atoms with Crippen LogP contribution in [0.3, 0.4) is 0 Å². The summed E-state index contributed by atoms with van der Waals surface area (Å²) in [5.74, 6) is -1.79. The van der Waals surface area contributed by atoms with E-state index < -0.39 is 34.4 Å². The Morgan fingerprint density at radius 3 is 2.89 bits per heavy atom. The van der Waals surface area contributed by atoms with E-state index in [1.54, 1.807) is 11.4 Å². The summed E-state index contributed by atoms with van der Waals surface area (Å²) in [7, 11) is -3.82. The van der Waals surface area contributed by atoms with Crippen LogP contribution >= 0.6 is 11.3 Å². The highest BCUT2D eigenvalue weighted by Crippen LogP contribution is 2.24. The van der Waals surface area contributed by atoms with Gasteiger partial charge in [-0.25, -0.2) is 8.42 Å². The Balaban J connectivity index is 2.35. The van der Waals surface area contributed by atoms with Crippen molar-refractivity contribution in [3.63, 3.8) is 0 Å². The lowest BCUT2D eigenvalue weighted by molar-refractivity contribution is -0.141. The highest BCUT2D eigenvalue weighted by Gasteiger charge is 2.39. The Morgan fingerprint density at radius 2 is 2.32 bits per heavy atom. The van der Waals surface area contributed by atoms with E-state index in [1.807, 2.05) is 0 Å². The molecule has 2 rings (SSSR count).